The Morgan fingerprint density at radius 3 is 2.95 bits per heavy atom. The highest BCUT2D eigenvalue weighted by Crippen LogP contribution is 2.27. The van der Waals surface area contributed by atoms with E-state index in [0.29, 0.717) is 0 Å². The van der Waals surface area contributed by atoms with Crippen molar-refractivity contribution >= 4 is 40.4 Å². The first-order valence-corrected chi connectivity index (χ1v) is 8.61. The molecular weight excluding hydrogens is 276 g/mol. The molecule has 0 aromatic carbocycles. The molecule has 3 rings (SSSR count). The number of fused-ring (bicyclic) bond motifs is 1. The van der Waals surface area contributed by atoms with E-state index in [2.05, 4.69) is 21.8 Å². The average molecular weight is 292 g/mol. The Morgan fingerprint density at radius 1 is 1.32 bits per heavy atom. The van der Waals surface area contributed by atoms with E-state index >= 15 is 0 Å². The van der Waals surface area contributed by atoms with Crippen molar-refractivity contribution in [2.45, 2.75) is 12.1 Å². The van der Waals surface area contributed by atoms with Crippen LogP contribution in [0.3, 0.4) is 0 Å². The van der Waals surface area contributed by atoms with E-state index in [1.165, 1.54) is 0 Å². The smallest absolute Gasteiger partial charge is 0.190 e. The summed E-state index contributed by atoms with van der Waals surface area (Å²) in [5.74, 6) is 4.31. The van der Waals surface area contributed by atoms with Crippen LogP contribution in [0, 0.1) is 0 Å². The minimum absolute atomic E-state index is 0.858. The molecule has 1 aliphatic heterocycles. The first kappa shape index (κ1) is 13.0. The van der Waals surface area contributed by atoms with Crippen LogP contribution < -0.4 is 4.90 Å². The maximum absolute atomic E-state index is 4.72. The molecule has 0 radical (unpaired) electrons. The molecule has 0 amide bonds. The SMILES string of the molecule is CCSc1nc(N2CCSCC2)c2ncccc2n1. The molecule has 0 aliphatic carbocycles. The van der Waals surface area contributed by atoms with Gasteiger partial charge in [-0.3, -0.25) is 4.98 Å². The Labute approximate surface area is 121 Å². The van der Waals surface area contributed by atoms with Gasteiger partial charge in [-0.05, 0) is 17.9 Å². The fourth-order valence-electron chi connectivity index (χ4n) is 2.12. The summed E-state index contributed by atoms with van der Waals surface area (Å²) < 4.78 is 0. The minimum Gasteiger partial charge on any atom is -0.353 e. The number of hydrogen-bond acceptors (Lipinski definition) is 6. The van der Waals surface area contributed by atoms with Crippen molar-refractivity contribution in [2.24, 2.45) is 0 Å². The first-order valence-electron chi connectivity index (χ1n) is 6.46. The molecule has 0 atom stereocenters. The standard InChI is InChI=1S/C13H16N4S2/c1-2-19-13-15-10-4-3-5-14-11(10)12(16-13)17-6-8-18-9-7-17/h3-5H,2,6-9H2,1H3. The Balaban J connectivity index is 2.08. The summed E-state index contributed by atoms with van der Waals surface area (Å²) in [6, 6.07) is 3.96. The number of rotatable bonds is 3. The lowest BCUT2D eigenvalue weighted by Crippen LogP contribution is -2.33. The van der Waals surface area contributed by atoms with Gasteiger partial charge in [0.2, 0.25) is 0 Å². The van der Waals surface area contributed by atoms with Crippen LogP contribution in [0.5, 0.6) is 0 Å². The third-order valence-corrected chi connectivity index (χ3v) is 4.67. The van der Waals surface area contributed by atoms with E-state index in [1.807, 2.05) is 30.1 Å². The highest BCUT2D eigenvalue weighted by molar-refractivity contribution is 7.99. The van der Waals surface area contributed by atoms with Gasteiger partial charge in [-0.15, -0.1) is 0 Å². The lowest BCUT2D eigenvalue weighted by molar-refractivity contribution is 0.822. The topological polar surface area (TPSA) is 41.9 Å². The fraction of sp³-hybridized carbons (Fsp3) is 0.462. The lowest BCUT2D eigenvalue weighted by atomic mass is 10.3. The molecule has 1 aliphatic rings. The van der Waals surface area contributed by atoms with Gasteiger partial charge in [0.25, 0.3) is 0 Å². The summed E-state index contributed by atoms with van der Waals surface area (Å²) in [5, 5.41) is 0.858. The number of thioether (sulfide) groups is 2. The van der Waals surface area contributed by atoms with Crippen LogP contribution in [0.15, 0.2) is 23.5 Å². The van der Waals surface area contributed by atoms with Gasteiger partial charge in [0, 0.05) is 30.8 Å². The van der Waals surface area contributed by atoms with Gasteiger partial charge < -0.3 is 4.90 Å². The summed E-state index contributed by atoms with van der Waals surface area (Å²) in [6.45, 7) is 4.21. The zero-order valence-electron chi connectivity index (χ0n) is 10.9. The third kappa shape index (κ3) is 2.79. The van der Waals surface area contributed by atoms with Crippen LogP contribution >= 0.6 is 23.5 Å². The van der Waals surface area contributed by atoms with Crippen molar-refractivity contribution in [1.82, 2.24) is 15.0 Å². The Hall–Kier alpha value is -1.01. The van der Waals surface area contributed by atoms with Gasteiger partial charge in [0.05, 0.1) is 5.52 Å². The molecular formula is C13H16N4S2. The van der Waals surface area contributed by atoms with Gasteiger partial charge in [0.15, 0.2) is 11.0 Å². The normalized spacial score (nSPS) is 15.9. The van der Waals surface area contributed by atoms with Crippen LogP contribution in [0.1, 0.15) is 6.92 Å². The maximum atomic E-state index is 4.72. The van der Waals surface area contributed by atoms with Crippen molar-refractivity contribution < 1.29 is 0 Å². The van der Waals surface area contributed by atoms with Crippen molar-refractivity contribution in [3.63, 3.8) is 0 Å². The molecule has 2 aromatic heterocycles. The largest absolute Gasteiger partial charge is 0.353 e. The molecule has 6 heteroatoms. The highest BCUT2D eigenvalue weighted by atomic mass is 32.2. The molecule has 1 fully saturated rings. The molecule has 19 heavy (non-hydrogen) atoms. The van der Waals surface area contributed by atoms with E-state index in [1.54, 1.807) is 11.8 Å². The Bertz CT molecular complexity index is 570. The Kier molecular flexibility index (Phi) is 4.08. The monoisotopic (exact) mass is 292 g/mol. The predicted octanol–water partition coefficient (Wildman–Crippen LogP) is 2.69. The summed E-state index contributed by atoms with van der Waals surface area (Å²) >= 11 is 3.69. The summed E-state index contributed by atoms with van der Waals surface area (Å²) in [5.41, 5.74) is 1.87. The van der Waals surface area contributed by atoms with Crippen molar-refractivity contribution in [3.05, 3.63) is 18.3 Å². The van der Waals surface area contributed by atoms with Crippen LogP contribution in [0.4, 0.5) is 5.82 Å². The van der Waals surface area contributed by atoms with Gasteiger partial charge in [0.1, 0.15) is 5.52 Å². The zero-order chi connectivity index (χ0) is 13.1. The molecule has 0 N–H and O–H groups in total. The molecule has 0 unspecified atom stereocenters. The molecule has 0 saturated carbocycles. The average Bonchev–Trinajstić information content (AvgIpc) is 2.48. The van der Waals surface area contributed by atoms with Crippen molar-refractivity contribution in [2.75, 3.05) is 35.2 Å². The van der Waals surface area contributed by atoms with E-state index in [9.17, 15) is 0 Å². The summed E-state index contributed by atoms with van der Waals surface area (Å²) in [6.07, 6.45) is 1.82. The van der Waals surface area contributed by atoms with Crippen LogP contribution in [0.25, 0.3) is 11.0 Å². The second-order valence-electron chi connectivity index (χ2n) is 4.23. The van der Waals surface area contributed by atoms with Gasteiger partial charge >= 0.3 is 0 Å². The second-order valence-corrected chi connectivity index (χ2v) is 6.69. The molecule has 3 heterocycles. The van der Waals surface area contributed by atoms with E-state index in [0.717, 1.165) is 52.4 Å². The quantitative estimate of drug-likeness (QED) is 0.640. The molecule has 1 saturated heterocycles. The van der Waals surface area contributed by atoms with Crippen molar-refractivity contribution in [1.29, 1.82) is 0 Å². The third-order valence-electron chi connectivity index (χ3n) is 3.00. The Morgan fingerprint density at radius 2 is 2.16 bits per heavy atom. The number of hydrogen-bond donors (Lipinski definition) is 0. The molecule has 2 aromatic rings. The molecule has 100 valence electrons. The number of nitrogens with zero attached hydrogens (tertiary/aromatic N) is 4. The predicted molar refractivity (Wildman–Crippen MR) is 83.3 cm³/mol. The summed E-state index contributed by atoms with van der Waals surface area (Å²) in [7, 11) is 0. The highest BCUT2D eigenvalue weighted by Gasteiger charge is 2.17. The maximum Gasteiger partial charge on any atom is 0.190 e. The molecule has 4 nitrogen and oxygen atoms in total. The number of pyridine rings is 1. The van der Waals surface area contributed by atoms with Crippen molar-refractivity contribution in [3.8, 4) is 0 Å². The van der Waals surface area contributed by atoms with Gasteiger partial charge in [-0.2, -0.15) is 11.8 Å². The van der Waals surface area contributed by atoms with Gasteiger partial charge in [-0.1, -0.05) is 18.7 Å². The molecule has 0 spiro atoms. The van der Waals surface area contributed by atoms with Gasteiger partial charge in [-0.25, -0.2) is 9.97 Å². The van der Waals surface area contributed by atoms with Crippen LogP contribution in [-0.2, 0) is 0 Å². The molecule has 0 bridgehead atoms. The minimum atomic E-state index is 0.858. The number of anilines is 1. The van der Waals surface area contributed by atoms with Crippen LogP contribution in [0.2, 0.25) is 0 Å². The number of aromatic nitrogens is 3. The van der Waals surface area contributed by atoms with E-state index in [4.69, 9.17) is 4.98 Å². The van der Waals surface area contributed by atoms with E-state index < -0.39 is 0 Å². The van der Waals surface area contributed by atoms with E-state index in [-0.39, 0.29) is 0 Å². The fourth-order valence-corrected chi connectivity index (χ4v) is 3.60. The lowest BCUT2D eigenvalue weighted by Gasteiger charge is -2.28. The summed E-state index contributed by atoms with van der Waals surface area (Å²) in [4.78, 5) is 16.1. The second kappa shape index (κ2) is 5.96. The first-order chi connectivity index (χ1) is 9.38. The zero-order valence-corrected chi connectivity index (χ0v) is 12.5. The van der Waals surface area contributed by atoms with Crippen LogP contribution in [-0.4, -0.2) is 45.3 Å².